The van der Waals surface area contributed by atoms with Crippen molar-refractivity contribution in [1.82, 2.24) is 24.5 Å². The van der Waals surface area contributed by atoms with Crippen LogP contribution in [0.2, 0.25) is 5.28 Å². The summed E-state index contributed by atoms with van der Waals surface area (Å²) in [5.74, 6) is 0.927. The summed E-state index contributed by atoms with van der Waals surface area (Å²) in [5.41, 5.74) is 0. The quantitative estimate of drug-likeness (QED) is 0.900. The van der Waals surface area contributed by atoms with Gasteiger partial charge in [0.1, 0.15) is 6.33 Å². The third-order valence-electron chi connectivity index (χ3n) is 2.32. The van der Waals surface area contributed by atoms with Crippen molar-refractivity contribution in [3.05, 3.63) is 24.0 Å². The van der Waals surface area contributed by atoms with E-state index in [2.05, 4.69) is 39.1 Å². The van der Waals surface area contributed by atoms with Gasteiger partial charge in [-0.15, -0.1) is 0 Å². The number of halogens is 1. The van der Waals surface area contributed by atoms with Crippen LogP contribution in [0.1, 0.15) is 20.3 Å². The Hall–Kier alpha value is -1.69. The molecule has 0 radical (unpaired) electrons. The second-order valence-electron chi connectivity index (χ2n) is 3.65. The highest BCUT2D eigenvalue weighted by Gasteiger charge is 2.08. The molecule has 1 atom stereocenters. The van der Waals surface area contributed by atoms with E-state index >= 15 is 0 Å². The van der Waals surface area contributed by atoms with E-state index < -0.39 is 0 Å². The first-order valence-corrected chi connectivity index (χ1v) is 5.73. The van der Waals surface area contributed by atoms with Gasteiger partial charge in [-0.25, -0.2) is 4.98 Å². The van der Waals surface area contributed by atoms with Crippen LogP contribution in [0.25, 0.3) is 5.95 Å². The first kappa shape index (κ1) is 11.8. The van der Waals surface area contributed by atoms with Crippen LogP contribution in [0, 0.1) is 0 Å². The molecule has 0 saturated heterocycles. The second-order valence-corrected chi connectivity index (χ2v) is 3.99. The molecule has 0 fully saturated rings. The molecule has 0 amide bonds. The summed E-state index contributed by atoms with van der Waals surface area (Å²) in [6.45, 7) is 4.13. The van der Waals surface area contributed by atoms with Crippen LogP contribution in [0.3, 0.4) is 0 Å². The fourth-order valence-corrected chi connectivity index (χ4v) is 1.38. The predicted molar refractivity (Wildman–Crippen MR) is 65.3 cm³/mol. The minimum Gasteiger partial charge on any atom is -0.352 e. The summed E-state index contributed by atoms with van der Waals surface area (Å²) >= 11 is 5.86. The lowest BCUT2D eigenvalue weighted by Crippen LogP contribution is -2.17. The van der Waals surface area contributed by atoms with Crippen LogP contribution < -0.4 is 5.32 Å². The molecule has 0 bridgehead atoms. The number of hydrogen-bond donors (Lipinski definition) is 1. The molecule has 2 aromatic rings. The number of nitrogens with zero attached hydrogens (tertiary/aromatic N) is 5. The zero-order chi connectivity index (χ0) is 12.3. The normalized spacial score (nSPS) is 12.4. The van der Waals surface area contributed by atoms with Gasteiger partial charge in [-0.1, -0.05) is 6.92 Å². The molecule has 0 aliphatic carbocycles. The number of anilines is 1. The molecule has 1 unspecified atom stereocenters. The van der Waals surface area contributed by atoms with Gasteiger partial charge in [-0.3, -0.25) is 4.57 Å². The van der Waals surface area contributed by atoms with Gasteiger partial charge in [-0.2, -0.15) is 15.0 Å². The lowest BCUT2D eigenvalue weighted by Gasteiger charge is -2.11. The maximum absolute atomic E-state index is 5.86. The zero-order valence-electron chi connectivity index (χ0n) is 9.63. The highest BCUT2D eigenvalue weighted by Crippen LogP contribution is 2.10. The maximum atomic E-state index is 5.86. The molecule has 0 spiro atoms. The predicted octanol–water partition coefficient (Wildman–Crippen LogP) is 1.92. The van der Waals surface area contributed by atoms with Gasteiger partial charge in [0.05, 0.1) is 0 Å². The van der Waals surface area contributed by atoms with Gasteiger partial charge in [0.25, 0.3) is 0 Å². The fraction of sp³-hybridized carbons (Fsp3) is 0.400. The summed E-state index contributed by atoms with van der Waals surface area (Å²) in [6, 6.07) is 0.282. The molecule has 0 saturated carbocycles. The molecule has 2 heterocycles. The van der Waals surface area contributed by atoms with E-state index in [-0.39, 0.29) is 11.3 Å². The Balaban J connectivity index is 2.30. The van der Waals surface area contributed by atoms with E-state index in [1.807, 2.05) is 0 Å². The first-order chi connectivity index (χ1) is 8.19. The Kier molecular flexibility index (Phi) is 3.53. The van der Waals surface area contributed by atoms with Crippen molar-refractivity contribution in [3.63, 3.8) is 0 Å². The van der Waals surface area contributed by atoms with Gasteiger partial charge in [0, 0.05) is 18.4 Å². The Morgan fingerprint density at radius 1 is 1.41 bits per heavy atom. The van der Waals surface area contributed by atoms with E-state index in [1.54, 1.807) is 23.3 Å². The van der Waals surface area contributed by atoms with Crippen LogP contribution in [0.5, 0.6) is 0 Å². The van der Waals surface area contributed by atoms with Crippen LogP contribution in [-0.4, -0.2) is 30.5 Å². The fourth-order valence-electron chi connectivity index (χ4n) is 1.22. The van der Waals surface area contributed by atoms with Crippen molar-refractivity contribution in [2.24, 2.45) is 0 Å². The first-order valence-electron chi connectivity index (χ1n) is 5.35. The van der Waals surface area contributed by atoms with Crippen LogP contribution in [-0.2, 0) is 0 Å². The number of aromatic nitrogens is 5. The lowest BCUT2D eigenvalue weighted by molar-refractivity contribution is 0.747. The highest BCUT2D eigenvalue weighted by atomic mass is 35.5. The van der Waals surface area contributed by atoms with E-state index in [4.69, 9.17) is 11.6 Å². The smallest absolute Gasteiger partial charge is 0.241 e. The van der Waals surface area contributed by atoms with Crippen molar-refractivity contribution in [3.8, 4) is 5.95 Å². The Labute approximate surface area is 104 Å². The van der Waals surface area contributed by atoms with E-state index in [1.165, 1.54) is 0 Å². The Morgan fingerprint density at radius 2 is 2.24 bits per heavy atom. The van der Waals surface area contributed by atoms with Gasteiger partial charge < -0.3 is 5.32 Å². The molecule has 7 heteroatoms. The van der Waals surface area contributed by atoms with E-state index in [0.717, 1.165) is 6.42 Å². The molecule has 0 aliphatic rings. The Bertz CT molecular complexity index is 484. The average molecular weight is 253 g/mol. The van der Waals surface area contributed by atoms with Gasteiger partial charge >= 0.3 is 0 Å². The third-order valence-corrected chi connectivity index (χ3v) is 2.49. The summed E-state index contributed by atoms with van der Waals surface area (Å²) in [4.78, 5) is 16.3. The van der Waals surface area contributed by atoms with Crippen molar-refractivity contribution < 1.29 is 0 Å². The molecule has 90 valence electrons. The standard InChI is InChI=1S/C10H13ClN6/c1-3-7(2)13-9-14-8(11)15-10(16-9)17-5-4-12-6-17/h4-7H,3H2,1-2H3,(H,13,14,15,16). The summed E-state index contributed by atoms with van der Waals surface area (Å²) in [7, 11) is 0. The van der Waals surface area contributed by atoms with Crippen molar-refractivity contribution in [2.75, 3.05) is 5.32 Å². The topological polar surface area (TPSA) is 68.5 Å². The molecule has 0 aliphatic heterocycles. The average Bonchev–Trinajstić information content (AvgIpc) is 2.81. The number of imidazole rings is 1. The van der Waals surface area contributed by atoms with Crippen molar-refractivity contribution in [2.45, 2.75) is 26.3 Å². The van der Waals surface area contributed by atoms with Crippen LogP contribution in [0.4, 0.5) is 5.95 Å². The highest BCUT2D eigenvalue weighted by molar-refractivity contribution is 6.28. The lowest BCUT2D eigenvalue weighted by atomic mass is 10.3. The molecule has 6 nitrogen and oxygen atoms in total. The van der Waals surface area contributed by atoms with Gasteiger partial charge in [-0.05, 0) is 24.9 Å². The monoisotopic (exact) mass is 252 g/mol. The largest absolute Gasteiger partial charge is 0.352 e. The van der Waals surface area contributed by atoms with Crippen molar-refractivity contribution in [1.29, 1.82) is 0 Å². The summed E-state index contributed by atoms with van der Waals surface area (Å²) < 4.78 is 1.68. The molecule has 2 aromatic heterocycles. The van der Waals surface area contributed by atoms with Crippen LogP contribution >= 0.6 is 11.6 Å². The van der Waals surface area contributed by atoms with Crippen molar-refractivity contribution >= 4 is 17.5 Å². The summed E-state index contributed by atoms with van der Waals surface area (Å²) in [5, 5.41) is 3.32. The molecule has 2 rings (SSSR count). The van der Waals surface area contributed by atoms with Crippen LogP contribution in [0.15, 0.2) is 18.7 Å². The number of rotatable bonds is 4. The summed E-state index contributed by atoms with van der Waals surface area (Å²) in [6.07, 6.45) is 5.99. The molecule has 0 aromatic carbocycles. The van der Waals surface area contributed by atoms with Gasteiger partial charge in [0.2, 0.25) is 17.2 Å². The Morgan fingerprint density at radius 3 is 2.88 bits per heavy atom. The molecular formula is C10H13ClN6. The van der Waals surface area contributed by atoms with E-state index in [0.29, 0.717) is 11.9 Å². The van der Waals surface area contributed by atoms with E-state index in [9.17, 15) is 0 Å². The molecular weight excluding hydrogens is 240 g/mol. The number of hydrogen-bond acceptors (Lipinski definition) is 5. The third kappa shape index (κ3) is 2.91. The SMILES string of the molecule is CCC(C)Nc1nc(Cl)nc(-n2ccnc2)n1. The zero-order valence-corrected chi connectivity index (χ0v) is 10.4. The number of nitrogens with one attached hydrogen (secondary N) is 1. The molecule has 1 N–H and O–H groups in total. The van der Waals surface area contributed by atoms with Gasteiger partial charge in [0.15, 0.2) is 0 Å². The minimum absolute atomic E-state index is 0.162. The second kappa shape index (κ2) is 5.09. The minimum atomic E-state index is 0.162. The maximum Gasteiger partial charge on any atom is 0.241 e. The molecule has 17 heavy (non-hydrogen) atoms.